The quantitative estimate of drug-likeness (QED) is 0.666. The van der Waals surface area contributed by atoms with Crippen LogP contribution in [0, 0.1) is 11.3 Å². The van der Waals surface area contributed by atoms with Crippen molar-refractivity contribution in [3.8, 4) is 17.6 Å². The Bertz CT molecular complexity index is 1040. The fourth-order valence-corrected chi connectivity index (χ4v) is 4.06. The Balaban J connectivity index is 1.98. The van der Waals surface area contributed by atoms with E-state index < -0.39 is 16.0 Å². The molecule has 3 rings (SSSR count). The van der Waals surface area contributed by atoms with Crippen molar-refractivity contribution in [3.63, 3.8) is 0 Å². The number of nitrogens with zero attached hydrogens (tertiary/aromatic N) is 1. The summed E-state index contributed by atoms with van der Waals surface area (Å²) in [6, 6.07) is 13.0. The molecular weight excluding hydrogens is 392 g/mol. The molecule has 0 heterocycles. The fourth-order valence-electron chi connectivity index (χ4n) is 3.56. The van der Waals surface area contributed by atoms with E-state index in [1.54, 1.807) is 12.1 Å². The zero-order valence-corrected chi connectivity index (χ0v) is 16.6. The van der Waals surface area contributed by atoms with Crippen LogP contribution >= 0.6 is 0 Å². The molecule has 7 nitrogen and oxygen atoms in total. The van der Waals surface area contributed by atoms with Gasteiger partial charge in [0.05, 0.1) is 16.7 Å². The lowest BCUT2D eigenvalue weighted by atomic mass is 9.84. The molecule has 8 heteroatoms. The molecule has 1 saturated carbocycles. The Morgan fingerprint density at radius 3 is 2.55 bits per heavy atom. The third-order valence-corrected chi connectivity index (χ3v) is 5.80. The van der Waals surface area contributed by atoms with E-state index in [1.165, 1.54) is 12.5 Å². The first-order valence-electron chi connectivity index (χ1n) is 9.43. The minimum Gasteiger partial charge on any atom is -0.455 e. The van der Waals surface area contributed by atoms with Gasteiger partial charge in [-0.2, -0.15) is 13.7 Å². The number of carbonyl (C=O) groups excluding carboxylic acids is 1. The maximum absolute atomic E-state index is 11.9. The van der Waals surface area contributed by atoms with Gasteiger partial charge in [-0.25, -0.2) is 0 Å². The van der Waals surface area contributed by atoms with E-state index in [2.05, 4.69) is 5.32 Å². The second kappa shape index (κ2) is 9.07. The van der Waals surface area contributed by atoms with Crippen molar-refractivity contribution in [2.75, 3.05) is 5.32 Å². The van der Waals surface area contributed by atoms with Crippen LogP contribution in [-0.2, 0) is 14.9 Å². The highest BCUT2D eigenvalue weighted by Gasteiger charge is 2.21. The lowest BCUT2D eigenvalue weighted by Crippen LogP contribution is -2.12. The summed E-state index contributed by atoms with van der Waals surface area (Å²) in [7, 11) is -4.45. The molecular formula is C21H22N2O5S. The number of hydrogen-bond acceptors (Lipinski definition) is 5. The molecule has 1 amide bonds. The van der Waals surface area contributed by atoms with Gasteiger partial charge in [0.25, 0.3) is 10.1 Å². The summed E-state index contributed by atoms with van der Waals surface area (Å²) < 4.78 is 38.5. The fraction of sp³-hybridized carbons (Fsp3) is 0.333. The van der Waals surface area contributed by atoms with E-state index in [1.807, 2.05) is 18.2 Å². The Morgan fingerprint density at radius 1 is 1.14 bits per heavy atom. The molecule has 0 saturated heterocycles. The Morgan fingerprint density at radius 2 is 1.86 bits per heavy atom. The van der Waals surface area contributed by atoms with Crippen LogP contribution in [0.25, 0.3) is 0 Å². The van der Waals surface area contributed by atoms with Crippen LogP contribution in [0.4, 0.5) is 5.69 Å². The van der Waals surface area contributed by atoms with Crippen molar-refractivity contribution in [1.29, 1.82) is 5.26 Å². The highest BCUT2D eigenvalue weighted by molar-refractivity contribution is 7.85. The van der Waals surface area contributed by atoms with Crippen LogP contribution < -0.4 is 10.1 Å². The van der Waals surface area contributed by atoms with Crippen LogP contribution in [0.5, 0.6) is 11.5 Å². The van der Waals surface area contributed by atoms with E-state index in [0.29, 0.717) is 11.7 Å². The van der Waals surface area contributed by atoms with E-state index in [-0.39, 0.29) is 22.8 Å². The number of nitrogens with one attached hydrogen (secondary N) is 1. The minimum atomic E-state index is -4.45. The highest BCUT2D eigenvalue weighted by Crippen LogP contribution is 2.40. The zero-order chi connectivity index (χ0) is 20.9. The van der Waals surface area contributed by atoms with Crippen molar-refractivity contribution < 1.29 is 22.5 Å². The molecule has 0 aromatic heterocycles. The third-order valence-electron chi connectivity index (χ3n) is 4.95. The summed E-state index contributed by atoms with van der Waals surface area (Å²) in [4.78, 5) is 11.5. The zero-order valence-electron chi connectivity index (χ0n) is 15.8. The van der Waals surface area contributed by atoms with Crippen LogP contribution in [0.1, 0.15) is 50.0 Å². The van der Waals surface area contributed by atoms with Crippen LogP contribution in [0.15, 0.2) is 47.4 Å². The van der Waals surface area contributed by atoms with Gasteiger partial charge in [-0.15, -0.1) is 0 Å². The molecule has 29 heavy (non-hydrogen) atoms. The lowest BCUT2D eigenvalue weighted by molar-refractivity contribution is -0.115. The van der Waals surface area contributed by atoms with Crippen LogP contribution in [-0.4, -0.2) is 18.9 Å². The number of amides is 1. The molecule has 152 valence electrons. The third kappa shape index (κ3) is 5.34. The summed E-state index contributed by atoms with van der Waals surface area (Å²) in [6.07, 6.45) is 5.26. The SMILES string of the molecule is N#CCC(=O)Nc1ccc(S(=O)(=O)O)cc1Oc1ccccc1C1CCCCC1. The predicted molar refractivity (Wildman–Crippen MR) is 107 cm³/mol. The summed E-state index contributed by atoms with van der Waals surface area (Å²) in [5.41, 5.74) is 1.25. The number of ether oxygens (including phenoxy) is 1. The topological polar surface area (TPSA) is 116 Å². The number of anilines is 1. The second-order valence-electron chi connectivity index (χ2n) is 6.99. The number of para-hydroxylation sites is 1. The molecule has 0 unspecified atom stereocenters. The van der Waals surface area contributed by atoms with Crippen LogP contribution in [0.2, 0.25) is 0 Å². The Hall–Kier alpha value is -2.89. The first kappa shape index (κ1) is 20.8. The standard InChI is InChI=1S/C21H22N2O5S/c22-13-12-21(24)23-18-11-10-16(29(25,26)27)14-20(18)28-19-9-5-4-8-17(19)15-6-2-1-3-7-15/h4-5,8-11,14-15H,1-3,6-7,12H2,(H,23,24)(H,25,26,27). The monoisotopic (exact) mass is 414 g/mol. The summed E-state index contributed by atoms with van der Waals surface area (Å²) in [5, 5.41) is 11.2. The molecule has 0 atom stereocenters. The Kier molecular flexibility index (Phi) is 6.52. The van der Waals surface area contributed by atoms with E-state index in [4.69, 9.17) is 10.00 Å². The van der Waals surface area contributed by atoms with Crippen molar-refractivity contribution in [1.82, 2.24) is 0 Å². The van der Waals surface area contributed by atoms with Crippen molar-refractivity contribution in [2.45, 2.75) is 49.3 Å². The number of benzene rings is 2. The number of nitriles is 1. The van der Waals surface area contributed by atoms with Gasteiger partial charge in [0.1, 0.15) is 12.2 Å². The highest BCUT2D eigenvalue weighted by atomic mass is 32.2. The number of rotatable bonds is 6. The summed E-state index contributed by atoms with van der Waals surface area (Å²) >= 11 is 0. The molecule has 1 aliphatic rings. The number of hydrogen-bond donors (Lipinski definition) is 2. The molecule has 2 N–H and O–H groups in total. The average Bonchev–Trinajstić information content (AvgIpc) is 2.70. The predicted octanol–water partition coefficient (Wildman–Crippen LogP) is 4.63. The Labute approximate surface area is 170 Å². The molecule has 1 fully saturated rings. The molecule has 0 aliphatic heterocycles. The summed E-state index contributed by atoms with van der Waals surface area (Å²) in [5.74, 6) is 0.455. The van der Waals surface area contributed by atoms with E-state index in [9.17, 15) is 17.8 Å². The van der Waals surface area contributed by atoms with Crippen LogP contribution in [0.3, 0.4) is 0 Å². The first-order valence-corrected chi connectivity index (χ1v) is 10.9. The molecule has 0 spiro atoms. The minimum absolute atomic E-state index is 0.0784. The van der Waals surface area contributed by atoms with Gasteiger partial charge in [0.2, 0.25) is 5.91 Å². The molecule has 1 aliphatic carbocycles. The molecule has 0 bridgehead atoms. The van der Waals surface area contributed by atoms with Crippen molar-refractivity contribution in [3.05, 3.63) is 48.0 Å². The van der Waals surface area contributed by atoms with Gasteiger partial charge < -0.3 is 10.1 Å². The molecule has 2 aromatic carbocycles. The van der Waals surface area contributed by atoms with Gasteiger partial charge in [0.15, 0.2) is 5.75 Å². The van der Waals surface area contributed by atoms with Gasteiger partial charge in [-0.05, 0) is 42.5 Å². The maximum Gasteiger partial charge on any atom is 0.294 e. The first-order chi connectivity index (χ1) is 13.9. The van der Waals surface area contributed by atoms with Crippen molar-refractivity contribution in [2.24, 2.45) is 0 Å². The van der Waals surface area contributed by atoms with Gasteiger partial charge in [0, 0.05) is 6.07 Å². The van der Waals surface area contributed by atoms with Crippen molar-refractivity contribution >= 4 is 21.7 Å². The van der Waals surface area contributed by atoms with E-state index >= 15 is 0 Å². The van der Waals surface area contributed by atoms with Gasteiger partial charge in [-0.3, -0.25) is 9.35 Å². The average molecular weight is 414 g/mol. The normalized spacial score (nSPS) is 14.8. The van der Waals surface area contributed by atoms with Gasteiger partial charge >= 0.3 is 0 Å². The lowest BCUT2D eigenvalue weighted by Gasteiger charge is -2.24. The molecule has 0 radical (unpaired) electrons. The largest absolute Gasteiger partial charge is 0.455 e. The van der Waals surface area contributed by atoms with Gasteiger partial charge in [-0.1, -0.05) is 37.5 Å². The smallest absolute Gasteiger partial charge is 0.294 e. The van der Waals surface area contributed by atoms with E-state index in [0.717, 1.165) is 43.4 Å². The maximum atomic E-state index is 11.9. The number of carbonyl (C=O) groups is 1. The second-order valence-corrected chi connectivity index (χ2v) is 8.41. The molecule has 2 aromatic rings. The summed E-state index contributed by atoms with van der Waals surface area (Å²) in [6.45, 7) is 0.